The number of carbonyl (C=O) groups excluding carboxylic acids is 1. The first-order chi connectivity index (χ1) is 4.36. The maximum absolute atomic E-state index is 10.7. The summed E-state index contributed by atoms with van der Waals surface area (Å²) in [6, 6.07) is 1.96. The zero-order valence-electron chi connectivity index (χ0n) is 4.63. The number of fused-ring (bicyclic) bond motifs is 1. The Morgan fingerprint density at radius 3 is 3.00 bits per heavy atom. The van der Waals surface area contributed by atoms with Gasteiger partial charge in [0.05, 0.1) is 0 Å². The molecule has 1 aromatic rings. The van der Waals surface area contributed by atoms with E-state index in [1.54, 1.807) is 23.5 Å². The minimum Gasteiger partial charge on any atom is -0.290 e. The van der Waals surface area contributed by atoms with Crippen LogP contribution >= 0.6 is 11.3 Å². The summed E-state index contributed by atoms with van der Waals surface area (Å²) in [6.07, 6.45) is 3.33. The van der Waals surface area contributed by atoms with Crippen molar-refractivity contribution < 1.29 is 4.79 Å². The van der Waals surface area contributed by atoms with E-state index in [0.717, 1.165) is 9.75 Å². The molecule has 0 saturated carbocycles. The second-order valence-electron chi connectivity index (χ2n) is 1.93. The summed E-state index contributed by atoms with van der Waals surface area (Å²) >= 11 is 1.61. The Balaban J connectivity index is 3.01. The summed E-state index contributed by atoms with van der Waals surface area (Å²) in [7, 11) is 0. The zero-order chi connectivity index (χ0) is 6.27. The van der Waals surface area contributed by atoms with Gasteiger partial charge < -0.3 is 0 Å². The van der Waals surface area contributed by atoms with Crippen LogP contribution in [0, 0.1) is 0 Å². The molecule has 1 aliphatic carbocycles. The van der Waals surface area contributed by atoms with Crippen LogP contribution in [0.4, 0.5) is 0 Å². The molecule has 0 aliphatic heterocycles. The van der Waals surface area contributed by atoms with Gasteiger partial charge in [0, 0.05) is 10.6 Å². The van der Waals surface area contributed by atoms with E-state index < -0.39 is 0 Å². The first-order valence-electron chi connectivity index (χ1n) is 2.67. The normalized spacial score (nSPS) is 14.4. The Morgan fingerprint density at radius 2 is 2.22 bits per heavy atom. The number of Topliss-reactive ketones (excluding diaryl/α,β-unsaturated/α-hetero) is 1. The molecule has 0 spiro atoms. The molecule has 0 amide bonds. The molecule has 2 heteroatoms. The lowest BCUT2D eigenvalue weighted by atomic mass is 10.4. The van der Waals surface area contributed by atoms with E-state index in [9.17, 15) is 4.79 Å². The lowest BCUT2D eigenvalue weighted by Crippen LogP contribution is -2.11. The van der Waals surface area contributed by atoms with Crippen molar-refractivity contribution in [2.45, 2.75) is 0 Å². The molecule has 0 radical (unpaired) electrons. The van der Waals surface area contributed by atoms with E-state index in [1.165, 1.54) is 0 Å². The number of carbonyl (C=O) groups is 1. The summed E-state index contributed by atoms with van der Waals surface area (Å²) in [6.45, 7) is 0. The van der Waals surface area contributed by atoms with Gasteiger partial charge in [0.2, 0.25) is 0 Å². The summed E-state index contributed by atoms with van der Waals surface area (Å²) in [5.74, 6) is 0.122. The van der Waals surface area contributed by atoms with Crippen molar-refractivity contribution in [2.24, 2.45) is 0 Å². The molecule has 0 unspecified atom stereocenters. The van der Waals surface area contributed by atoms with Gasteiger partial charge in [-0.05, 0) is 22.7 Å². The van der Waals surface area contributed by atoms with Crippen LogP contribution in [0.5, 0.6) is 0 Å². The van der Waals surface area contributed by atoms with Crippen LogP contribution in [0.2, 0.25) is 0 Å². The molecule has 0 saturated heterocycles. The Kier molecular flexibility index (Phi) is 0.848. The summed E-state index contributed by atoms with van der Waals surface area (Å²) < 4.78 is 1.10. The molecule has 9 heavy (non-hydrogen) atoms. The van der Waals surface area contributed by atoms with Gasteiger partial charge in [0.1, 0.15) is 0 Å². The molecule has 0 aromatic carbocycles. The van der Waals surface area contributed by atoms with Gasteiger partial charge in [0.15, 0.2) is 5.78 Å². The minimum absolute atomic E-state index is 0.122. The predicted molar refractivity (Wildman–Crippen MR) is 37.5 cm³/mol. The second-order valence-corrected chi connectivity index (χ2v) is 2.88. The van der Waals surface area contributed by atoms with Crippen LogP contribution in [0.3, 0.4) is 0 Å². The third-order valence-electron chi connectivity index (χ3n) is 1.30. The van der Waals surface area contributed by atoms with Crippen LogP contribution < -0.4 is 9.75 Å². The Bertz CT molecular complexity index is 326. The second kappa shape index (κ2) is 1.54. The zero-order valence-corrected chi connectivity index (χ0v) is 5.44. The molecule has 0 bridgehead atoms. The van der Waals surface area contributed by atoms with Gasteiger partial charge in [-0.3, -0.25) is 4.79 Å². The SMILES string of the molecule is O=C1C=c2ccsc2=C1. The molecule has 0 fully saturated rings. The number of hydrogen-bond acceptors (Lipinski definition) is 2. The van der Waals surface area contributed by atoms with Crippen LogP contribution in [0.25, 0.3) is 12.2 Å². The van der Waals surface area contributed by atoms with E-state index in [0.29, 0.717) is 0 Å². The lowest BCUT2D eigenvalue weighted by molar-refractivity contribution is -0.107. The van der Waals surface area contributed by atoms with Crippen molar-refractivity contribution in [3.8, 4) is 0 Å². The van der Waals surface area contributed by atoms with Gasteiger partial charge in [-0.2, -0.15) is 0 Å². The van der Waals surface area contributed by atoms with Gasteiger partial charge in [-0.15, -0.1) is 11.3 Å². The molecule has 1 aliphatic rings. The topological polar surface area (TPSA) is 17.1 Å². The Morgan fingerprint density at radius 1 is 1.33 bits per heavy atom. The highest BCUT2D eigenvalue weighted by Gasteiger charge is 1.99. The summed E-state index contributed by atoms with van der Waals surface area (Å²) in [5.41, 5.74) is 0. The third-order valence-corrected chi connectivity index (χ3v) is 2.18. The van der Waals surface area contributed by atoms with E-state index in [-0.39, 0.29) is 5.78 Å². The average molecular weight is 136 g/mol. The number of thiophene rings is 1. The fourth-order valence-electron chi connectivity index (χ4n) is 0.892. The number of rotatable bonds is 0. The summed E-state index contributed by atoms with van der Waals surface area (Å²) in [5, 5.41) is 3.06. The van der Waals surface area contributed by atoms with Crippen LogP contribution in [0.1, 0.15) is 0 Å². The lowest BCUT2D eigenvalue weighted by Gasteiger charge is -1.66. The Hall–Kier alpha value is -0.890. The summed E-state index contributed by atoms with van der Waals surface area (Å²) in [4.78, 5) is 10.7. The van der Waals surface area contributed by atoms with E-state index in [4.69, 9.17) is 0 Å². The molecule has 44 valence electrons. The maximum atomic E-state index is 10.7. The fraction of sp³-hybridized carbons (Fsp3) is 0. The fourth-order valence-corrected chi connectivity index (χ4v) is 1.70. The largest absolute Gasteiger partial charge is 0.290 e. The van der Waals surface area contributed by atoms with Crippen molar-refractivity contribution in [1.82, 2.24) is 0 Å². The number of hydrogen-bond donors (Lipinski definition) is 0. The van der Waals surface area contributed by atoms with Gasteiger partial charge in [-0.1, -0.05) is 0 Å². The monoisotopic (exact) mass is 136 g/mol. The molecule has 1 aromatic heterocycles. The minimum atomic E-state index is 0.122. The van der Waals surface area contributed by atoms with Crippen molar-refractivity contribution in [2.75, 3.05) is 0 Å². The molecule has 1 nitrogen and oxygen atoms in total. The highest BCUT2D eigenvalue weighted by Crippen LogP contribution is 1.88. The first kappa shape index (κ1) is 4.94. The molecule has 0 atom stereocenters. The van der Waals surface area contributed by atoms with Crippen molar-refractivity contribution in [1.29, 1.82) is 0 Å². The van der Waals surface area contributed by atoms with Gasteiger partial charge in [0.25, 0.3) is 0 Å². The standard InChI is InChI=1S/C7H4OS/c8-6-3-5-1-2-9-7(5)4-6/h1-4H. The Labute approximate surface area is 55.9 Å². The first-order valence-corrected chi connectivity index (χ1v) is 3.55. The highest BCUT2D eigenvalue weighted by molar-refractivity contribution is 7.08. The third kappa shape index (κ3) is 0.634. The maximum Gasteiger partial charge on any atom is 0.180 e. The smallest absolute Gasteiger partial charge is 0.180 e. The van der Waals surface area contributed by atoms with Gasteiger partial charge >= 0.3 is 0 Å². The average Bonchev–Trinajstić information content (AvgIpc) is 2.22. The van der Waals surface area contributed by atoms with E-state index in [1.807, 2.05) is 11.4 Å². The van der Waals surface area contributed by atoms with Crippen LogP contribution in [0.15, 0.2) is 11.4 Å². The molecule has 2 rings (SSSR count). The van der Waals surface area contributed by atoms with Crippen molar-refractivity contribution in [3.05, 3.63) is 21.2 Å². The predicted octanol–water partition coefficient (Wildman–Crippen LogP) is -0.108. The van der Waals surface area contributed by atoms with Crippen molar-refractivity contribution in [3.63, 3.8) is 0 Å². The van der Waals surface area contributed by atoms with Crippen LogP contribution in [-0.4, -0.2) is 5.78 Å². The quantitative estimate of drug-likeness (QED) is 0.486. The molecule has 0 N–H and O–H groups in total. The number of ketones is 1. The van der Waals surface area contributed by atoms with Crippen LogP contribution in [-0.2, 0) is 4.79 Å². The highest BCUT2D eigenvalue weighted by atomic mass is 32.1. The van der Waals surface area contributed by atoms with Gasteiger partial charge in [-0.25, -0.2) is 0 Å². The van der Waals surface area contributed by atoms with E-state index >= 15 is 0 Å². The van der Waals surface area contributed by atoms with Crippen molar-refractivity contribution >= 4 is 29.3 Å². The van der Waals surface area contributed by atoms with E-state index in [2.05, 4.69) is 0 Å². The molecular formula is C7H4OS. The molecule has 1 heterocycles. The molecular weight excluding hydrogens is 132 g/mol.